The van der Waals surface area contributed by atoms with Gasteiger partial charge in [0.05, 0.1) is 0 Å². The van der Waals surface area contributed by atoms with E-state index in [-0.39, 0.29) is 5.91 Å². The zero-order chi connectivity index (χ0) is 16.2. The van der Waals surface area contributed by atoms with Crippen LogP contribution in [0.1, 0.15) is 34.3 Å². The summed E-state index contributed by atoms with van der Waals surface area (Å²) in [5.41, 5.74) is 3.87. The molecule has 3 nitrogen and oxygen atoms in total. The number of halogens is 1. The van der Waals surface area contributed by atoms with Gasteiger partial charge < -0.3 is 5.32 Å². The molecule has 1 fully saturated rings. The van der Waals surface area contributed by atoms with Gasteiger partial charge in [-0.15, -0.1) is 0 Å². The number of anilines is 1. The number of benzene rings is 2. The molecule has 2 aromatic rings. The molecule has 120 valence electrons. The van der Waals surface area contributed by atoms with Gasteiger partial charge in [0, 0.05) is 22.3 Å². The zero-order valence-electron chi connectivity index (χ0n) is 13.3. The summed E-state index contributed by atoms with van der Waals surface area (Å²) in [6.45, 7) is 5.36. The maximum atomic E-state index is 12.3. The standard InChI is InChI=1S/C19H21BrN2O/c1-14-12-17(8-9-18(14)20)21-19(23)16-6-4-15(5-7-16)13-22-10-2-3-11-22/h4-9,12H,2-3,10-11,13H2,1H3,(H,21,23). The first-order valence-electron chi connectivity index (χ1n) is 8.00. The van der Waals surface area contributed by atoms with Crippen LogP contribution in [-0.4, -0.2) is 23.9 Å². The van der Waals surface area contributed by atoms with Crippen molar-refractivity contribution < 1.29 is 4.79 Å². The van der Waals surface area contributed by atoms with E-state index >= 15 is 0 Å². The summed E-state index contributed by atoms with van der Waals surface area (Å²) in [7, 11) is 0. The Morgan fingerprint density at radius 2 is 1.83 bits per heavy atom. The van der Waals surface area contributed by atoms with Gasteiger partial charge in [0.15, 0.2) is 0 Å². The summed E-state index contributed by atoms with van der Waals surface area (Å²) in [4.78, 5) is 14.8. The van der Waals surface area contributed by atoms with Gasteiger partial charge in [-0.3, -0.25) is 9.69 Å². The van der Waals surface area contributed by atoms with Crippen LogP contribution >= 0.6 is 15.9 Å². The van der Waals surface area contributed by atoms with Crippen LogP contribution in [0.25, 0.3) is 0 Å². The van der Waals surface area contributed by atoms with Crippen LogP contribution in [0, 0.1) is 6.92 Å². The van der Waals surface area contributed by atoms with Crippen LogP contribution in [0.4, 0.5) is 5.69 Å². The molecule has 1 N–H and O–H groups in total. The average molecular weight is 373 g/mol. The molecule has 3 rings (SSSR count). The predicted octanol–water partition coefficient (Wildman–Crippen LogP) is 4.61. The van der Waals surface area contributed by atoms with Crippen molar-refractivity contribution in [1.29, 1.82) is 0 Å². The van der Waals surface area contributed by atoms with Crippen LogP contribution in [0.3, 0.4) is 0 Å². The van der Waals surface area contributed by atoms with E-state index in [9.17, 15) is 4.79 Å². The molecule has 0 aliphatic carbocycles. The second-order valence-electron chi connectivity index (χ2n) is 6.10. The lowest BCUT2D eigenvalue weighted by Crippen LogP contribution is -2.18. The van der Waals surface area contributed by atoms with Crippen LogP contribution in [-0.2, 0) is 6.54 Å². The van der Waals surface area contributed by atoms with Crippen molar-refractivity contribution >= 4 is 27.5 Å². The van der Waals surface area contributed by atoms with Gasteiger partial charge in [0.1, 0.15) is 0 Å². The van der Waals surface area contributed by atoms with Gasteiger partial charge in [-0.1, -0.05) is 28.1 Å². The zero-order valence-corrected chi connectivity index (χ0v) is 14.9. The Bertz CT molecular complexity index is 691. The van der Waals surface area contributed by atoms with Gasteiger partial charge >= 0.3 is 0 Å². The highest BCUT2D eigenvalue weighted by molar-refractivity contribution is 9.10. The smallest absolute Gasteiger partial charge is 0.255 e. The molecule has 1 saturated heterocycles. The van der Waals surface area contributed by atoms with Crippen molar-refractivity contribution in [1.82, 2.24) is 4.90 Å². The second-order valence-corrected chi connectivity index (χ2v) is 6.95. The normalized spacial score (nSPS) is 14.9. The highest BCUT2D eigenvalue weighted by Gasteiger charge is 2.12. The third-order valence-electron chi connectivity index (χ3n) is 4.24. The average Bonchev–Trinajstić information content (AvgIpc) is 3.04. The Morgan fingerprint density at radius 1 is 1.13 bits per heavy atom. The summed E-state index contributed by atoms with van der Waals surface area (Å²) in [6.07, 6.45) is 2.60. The molecule has 0 saturated carbocycles. The van der Waals surface area contributed by atoms with E-state index in [1.165, 1.54) is 31.5 Å². The number of carbonyl (C=O) groups is 1. The van der Waals surface area contributed by atoms with E-state index < -0.39 is 0 Å². The molecule has 0 unspecified atom stereocenters. The second kappa shape index (κ2) is 7.28. The number of aryl methyl sites for hydroxylation is 1. The van der Waals surface area contributed by atoms with Crippen LogP contribution in [0.15, 0.2) is 46.9 Å². The third-order valence-corrected chi connectivity index (χ3v) is 5.13. The molecular weight excluding hydrogens is 352 g/mol. The van der Waals surface area contributed by atoms with Crippen LogP contribution in [0.5, 0.6) is 0 Å². The summed E-state index contributed by atoms with van der Waals surface area (Å²) >= 11 is 3.47. The van der Waals surface area contributed by atoms with Crippen LogP contribution < -0.4 is 5.32 Å². The lowest BCUT2D eigenvalue weighted by Gasteiger charge is -2.14. The summed E-state index contributed by atoms with van der Waals surface area (Å²) in [6, 6.07) is 13.7. The van der Waals surface area contributed by atoms with Gasteiger partial charge in [-0.2, -0.15) is 0 Å². The van der Waals surface area contributed by atoms with E-state index in [2.05, 4.69) is 38.3 Å². The Morgan fingerprint density at radius 3 is 2.48 bits per heavy atom. The number of amides is 1. The van der Waals surface area contributed by atoms with Gasteiger partial charge in [-0.25, -0.2) is 0 Å². The number of nitrogens with zero attached hydrogens (tertiary/aromatic N) is 1. The van der Waals surface area contributed by atoms with E-state index in [0.717, 1.165) is 22.3 Å². The molecule has 1 amide bonds. The van der Waals surface area contributed by atoms with E-state index in [4.69, 9.17) is 0 Å². The largest absolute Gasteiger partial charge is 0.322 e. The molecule has 23 heavy (non-hydrogen) atoms. The quantitative estimate of drug-likeness (QED) is 0.849. The summed E-state index contributed by atoms with van der Waals surface area (Å²) in [5.74, 6) is -0.0700. The first-order valence-corrected chi connectivity index (χ1v) is 8.80. The summed E-state index contributed by atoms with van der Waals surface area (Å²) in [5, 5.41) is 2.95. The van der Waals surface area contributed by atoms with E-state index in [1.807, 2.05) is 37.3 Å². The fourth-order valence-electron chi connectivity index (χ4n) is 2.89. The highest BCUT2D eigenvalue weighted by Crippen LogP contribution is 2.20. The lowest BCUT2D eigenvalue weighted by molar-refractivity contribution is 0.102. The maximum absolute atomic E-state index is 12.3. The predicted molar refractivity (Wildman–Crippen MR) is 97.8 cm³/mol. The molecular formula is C19H21BrN2O. The molecule has 4 heteroatoms. The molecule has 2 aromatic carbocycles. The molecule has 0 bridgehead atoms. The third kappa shape index (κ3) is 4.21. The topological polar surface area (TPSA) is 32.3 Å². The SMILES string of the molecule is Cc1cc(NC(=O)c2ccc(CN3CCCC3)cc2)ccc1Br. The minimum absolute atomic E-state index is 0.0700. The lowest BCUT2D eigenvalue weighted by atomic mass is 10.1. The Balaban J connectivity index is 1.63. The minimum atomic E-state index is -0.0700. The molecule has 1 aliphatic rings. The Labute approximate surface area is 145 Å². The van der Waals surface area contributed by atoms with Crippen molar-refractivity contribution in [3.63, 3.8) is 0 Å². The molecule has 1 aliphatic heterocycles. The number of likely N-dealkylation sites (tertiary alicyclic amines) is 1. The van der Waals surface area contributed by atoms with E-state index in [0.29, 0.717) is 5.56 Å². The van der Waals surface area contributed by atoms with Crippen molar-refractivity contribution in [2.45, 2.75) is 26.3 Å². The van der Waals surface area contributed by atoms with Crippen molar-refractivity contribution in [3.8, 4) is 0 Å². The first kappa shape index (κ1) is 16.2. The molecule has 0 radical (unpaired) electrons. The number of carbonyl (C=O) groups excluding carboxylic acids is 1. The van der Waals surface area contributed by atoms with Gasteiger partial charge in [0.2, 0.25) is 0 Å². The first-order chi connectivity index (χ1) is 11.1. The van der Waals surface area contributed by atoms with Crippen molar-refractivity contribution in [3.05, 3.63) is 63.6 Å². The van der Waals surface area contributed by atoms with Crippen molar-refractivity contribution in [2.75, 3.05) is 18.4 Å². The van der Waals surface area contributed by atoms with Gasteiger partial charge in [-0.05, 0) is 74.3 Å². The summed E-state index contributed by atoms with van der Waals surface area (Å²) < 4.78 is 1.04. The number of rotatable bonds is 4. The van der Waals surface area contributed by atoms with E-state index in [1.54, 1.807) is 0 Å². The molecule has 1 heterocycles. The van der Waals surface area contributed by atoms with Gasteiger partial charge in [0.25, 0.3) is 5.91 Å². The molecule has 0 spiro atoms. The Hall–Kier alpha value is -1.65. The minimum Gasteiger partial charge on any atom is -0.322 e. The fraction of sp³-hybridized carbons (Fsp3) is 0.316. The maximum Gasteiger partial charge on any atom is 0.255 e. The molecule has 0 atom stereocenters. The highest BCUT2D eigenvalue weighted by atomic mass is 79.9. The fourth-order valence-corrected chi connectivity index (χ4v) is 3.13. The molecule has 0 aromatic heterocycles. The number of hydrogen-bond donors (Lipinski definition) is 1. The Kier molecular flexibility index (Phi) is 5.13. The monoisotopic (exact) mass is 372 g/mol. The van der Waals surface area contributed by atoms with Crippen molar-refractivity contribution in [2.24, 2.45) is 0 Å². The number of nitrogens with one attached hydrogen (secondary N) is 1. The number of hydrogen-bond acceptors (Lipinski definition) is 2. The van der Waals surface area contributed by atoms with Crippen LogP contribution in [0.2, 0.25) is 0 Å².